The van der Waals surface area contributed by atoms with E-state index in [-0.39, 0.29) is 16.7 Å². The molecule has 1 unspecified atom stereocenters. The Bertz CT molecular complexity index is 1480. The molecule has 1 fully saturated rings. The number of aryl methyl sites for hydroxylation is 3. The van der Waals surface area contributed by atoms with E-state index in [2.05, 4.69) is 20.8 Å². The Balaban J connectivity index is 2.04. The summed E-state index contributed by atoms with van der Waals surface area (Å²) in [4.78, 5) is 29.0. The zero-order valence-electron chi connectivity index (χ0n) is 24.0. The molecular weight excluding hydrogens is 490 g/mol. The lowest BCUT2D eigenvalue weighted by Gasteiger charge is -2.28. The van der Waals surface area contributed by atoms with Gasteiger partial charge in [0, 0.05) is 11.3 Å². The van der Waals surface area contributed by atoms with Gasteiger partial charge in [0.25, 0.3) is 11.7 Å². The zero-order valence-corrected chi connectivity index (χ0v) is 24.0. The van der Waals surface area contributed by atoms with Gasteiger partial charge in [-0.3, -0.25) is 14.5 Å². The van der Waals surface area contributed by atoms with Crippen molar-refractivity contribution in [3.05, 3.63) is 93.6 Å². The number of hydrogen-bond donors (Lipinski definition) is 1. The van der Waals surface area contributed by atoms with Gasteiger partial charge in [-0.25, -0.2) is 0 Å². The number of benzene rings is 3. The van der Waals surface area contributed by atoms with Crippen LogP contribution in [0.25, 0.3) is 5.76 Å². The second-order valence-corrected chi connectivity index (χ2v) is 11.1. The Kier molecular flexibility index (Phi) is 7.60. The molecule has 204 valence electrons. The van der Waals surface area contributed by atoms with Gasteiger partial charge >= 0.3 is 0 Å². The minimum Gasteiger partial charge on any atom is -0.507 e. The third-order valence-electron chi connectivity index (χ3n) is 7.23. The summed E-state index contributed by atoms with van der Waals surface area (Å²) < 4.78 is 11.3. The highest BCUT2D eigenvalue weighted by molar-refractivity contribution is 6.51. The van der Waals surface area contributed by atoms with Crippen LogP contribution < -0.4 is 14.4 Å². The molecule has 4 rings (SSSR count). The van der Waals surface area contributed by atoms with Crippen molar-refractivity contribution in [2.45, 2.75) is 59.9 Å². The number of hydrogen-bond acceptors (Lipinski definition) is 5. The summed E-state index contributed by atoms with van der Waals surface area (Å²) >= 11 is 0. The fraction of sp³-hybridized carbons (Fsp3) is 0.333. The number of ketones is 1. The molecule has 1 heterocycles. The topological polar surface area (TPSA) is 76.1 Å². The van der Waals surface area contributed by atoms with Crippen molar-refractivity contribution in [1.82, 2.24) is 0 Å². The highest BCUT2D eigenvalue weighted by Gasteiger charge is 2.47. The number of ether oxygens (including phenoxy) is 2. The van der Waals surface area contributed by atoms with E-state index in [1.165, 1.54) is 4.90 Å². The van der Waals surface area contributed by atoms with Crippen molar-refractivity contribution < 1.29 is 24.2 Å². The van der Waals surface area contributed by atoms with Crippen LogP contribution in [0.4, 0.5) is 5.69 Å². The van der Waals surface area contributed by atoms with Crippen molar-refractivity contribution in [2.24, 2.45) is 0 Å². The Morgan fingerprint density at radius 1 is 0.923 bits per heavy atom. The smallest absolute Gasteiger partial charge is 0.300 e. The van der Waals surface area contributed by atoms with Gasteiger partial charge in [-0.05, 0) is 85.2 Å². The minimum atomic E-state index is -0.867. The number of carbonyl (C=O) groups excluding carboxylic acids is 2. The van der Waals surface area contributed by atoms with Gasteiger partial charge in [0.2, 0.25) is 0 Å². The van der Waals surface area contributed by atoms with Gasteiger partial charge in [0.05, 0.1) is 25.3 Å². The van der Waals surface area contributed by atoms with Crippen LogP contribution in [0.2, 0.25) is 0 Å². The number of nitrogens with zero attached hydrogens (tertiary/aromatic N) is 1. The Labute approximate surface area is 230 Å². The molecule has 1 atom stereocenters. The van der Waals surface area contributed by atoms with Crippen molar-refractivity contribution >= 4 is 23.1 Å². The highest BCUT2D eigenvalue weighted by atomic mass is 16.5. The lowest BCUT2D eigenvalue weighted by molar-refractivity contribution is -0.132. The molecule has 1 aliphatic rings. The maximum absolute atomic E-state index is 13.7. The van der Waals surface area contributed by atoms with E-state index in [1.54, 1.807) is 19.2 Å². The van der Waals surface area contributed by atoms with Crippen molar-refractivity contribution in [3.8, 4) is 11.5 Å². The van der Waals surface area contributed by atoms with Crippen LogP contribution in [0.3, 0.4) is 0 Å². The summed E-state index contributed by atoms with van der Waals surface area (Å²) in [6, 6.07) is 16.1. The Morgan fingerprint density at radius 3 is 2.26 bits per heavy atom. The highest BCUT2D eigenvalue weighted by Crippen LogP contribution is 2.45. The van der Waals surface area contributed by atoms with Gasteiger partial charge in [-0.1, -0.05) is 51.1 Å². The molecule has 0 radical (unpaired) electrons. The first-order valence-corrected chi connectivity index (χ1v) is 13.2. The Morgan fingerprint density at radius 2 is 1.62 bits per heavy atom. The number of methoxy groups -OCH3 is 1. The average Bonchev–Trinajstić information content (AvgIpc) is 3.15. The third-order valence-corrected chi connectivity index (χ3v) is 7.23. The SMILES string of the molecule is CCOc1cc(C2/C(=C(\O)c3cc(C(C)(C)C)ccc3C)C(=O)C(=O)N2c2cc(C)ccc2C)ccc1OC. The summed E-state index contributed by atoms with van der Waals surface area (Å²) in [6.45, 7) is 14.3. The third kappa shape index (κ3) is 5.16. The fourth-order valence-corrected chi connectivity index (χ4v) is 5.00. The largest absolute Gasteiger partial charge is 0.507 e. The number of aliphatic hydroxyl groups is 1. The molecule has 1 saturated heterocycles. The van der Waals surface area contributed by atoms with Gasteiger partial charge < -0.3 is 14.6 Å². The van der Waals surface area contributed by atoms with Crippen LogP contribution >= 0.6 is 0 Å². The number of aliphatic hydroxyl groups excluding tert-OH is 1. The normalized spacial score (nSPS) is 17.0. The van der Waals surface area contributed by atoms with E-state index in [1.807, 2.05) is 70.2 Å². The zero-order chi connectivity index (χ0) is 28.6. The molecule has 3 aromatic carbocycles. The second kappa shape index (κ2) is 10.6. The van der Waals surface area contributed by atoms with Gasteiger partial charge in [0.1, 0.15) is 5.76 Å². The minimum absolute atomic E-state index is 0.0441. The van der Waals surface area contributed by atoms with Crippen LogP contribution in [0, 0.1) is 20.8 Å². The number of amides is 1. The molecule has 0 spiro atoms. The number of anilines is 1. The first-order valence-electron chi connectivity index (χ1n) is 13.2. The fourth-order valence-electron chi connectivity index (χ4n) is 5.00. The van der Waals surface area contributed by atoms with Gasteiger partial charge in [0.15, 0.2) is 11.5 Å². The predicted molar refractivity (Wildman–Crippen MR) is 155 cm³/mol. The van der Waals surface area contributed by atoms with E-state index < -0.39 is 17.7 Å². The molecule has 1 aliphatic heterocycles. The maximum Gasteiger partial charge on any atom is 0.300 e. The standard InChI is InChI=1S/C33H37NO5/c1-9-39-27-17-22(13-15-26(27)38-8)29-28(30(35)24-18-23(33(5,6)7)14-12-20(24)3)31(36)32(37)34(29)25-16-19(2)10-11-21(25)4/h10-18,29,35H,9H2,1-8H3/b30-28+. The van der Waals surface area contributed by atoms with E-state index in [9.17, 15) is 14.7 Å². The lowest BCUT2D eigenvalue weighted by Crippen LogP contribution is -2.30. The molecule has 39 heavy (non-hydrogen) atoms. The van der Waals surface area contributed by atoms with E-state index in [0.29, 0.717) is 34.9 Å². The van der Waals surface area contributed by atoms with Crippen molar-refractivity contribution in [2.75, 3.05) is 18.6 Å². The molecule has 0 aromatic heterocycles. The molecule has 3 aromatic rings. The number of rotatable bonds is 6. The molecule has 0 bridgehead atoms. The second-order valence-electron chi connectivity index (χ2n) is 11.1. The summed E-state index contributed by atoms with van der Waals surface area (Å²) in [5.74, 6) is -0.571. The van der Waals surface area contributed by atoms with Crippen LogP contribution in [0.1, 0.15) is 67.1 Å². The summed E-state index contributed by atoms with van der Waals surface area (Å²) in [7, 11) is 1.56. The molecule has 0 saturated carbocycles. The molecule has 1 amide bonds. The summed E-state index contributed by atoms with van der Waals surface area (Å²) in [6.07, 6.45) is 0. The first kappa shape index (κ1) is 28.0. The number of Topliss-reactive ketones (excluding diaryl/α,β-unsaturated/α-hetero) is 1. The number of carbonyl (C=O) groups is 2. The average molecular weight is 528 g/mol. The molecule has 6 heteroatoms. The van der Waals surface area contributed by atoms with Crippen molar-refractivity contribution in [3.63, 3.8) is 0 Å². The molecule has 6 nitrogen and oxygen atoms in total. The Hall–Kier alpha value is -4.06. The summed E-state index contributed by atoms with van der Waals surface area (Å²) in [5, 5.41) is 11.8. The monoisotopic (exact) mass is 527 g/mol. The van der Waals surface area contributed by atoms with E-state index >= 15 is 0 Å². The van der Waals surface area contributed by atoms with Crippen LogP contribution in [0.15, 0.2) is 60.2 Å². The lowest BCUT2D eigenvalue weighted by atomic mass is 9.84. The summed E-state index contributed by atoms with van der Waals surface area (Å²) in [5.41, 5.74) is 5.27. The molecule has 1 N–H and O–H groups in total. The van der Waals surface area contributed by atoms with Crippen molar-refractivity contribution in [1.29, 1.82) is 0 Å². The van der Waals surface area contributed by atoms with Crippen LogP contribution in [-0.4, -0.2) is 30.5 Å². The maximum atomic E-state index is 13.7. The predicted octanol–water partition coefficient (Wildman–Crippen LogP) is 6.94. The quantitative estimate of drug-likeness (QED) is 0.213. The van der Waals surface area contributed by atoms with E-state index in [4.69, 9.17) is 9.47 Å². The molecular formula is C33H37NO5. The molecule has 0 aliphatic carbocycles. The van der Waals surface area contributed by atoms with E-state index in [0.717, 1.165) is 22.3 Å². The van der Waals surface area contributed by atoms with Crippen LogP contribution in [-0.2, 0) is 15.0 Å². The van der Waals surface area contributed by atoms with Gasteiger partial charge in [-0.15, -0.1) is 0 Å². The van der Waals surface area contributed by atoms with Gasteiger partial charge in [-0.2, -0.15) is 0 Å². The van der Waals surface area contributed by atoms with Crippen LogP contribution in [0.5, 0.6) is 11.5 Å². The first-order chi connectivity index (χ1) is 18.4.